The van der Waals surface area contributed by atoms with Gasteiger partial charge in [-0.25, -0.2) is 0 Å². The Bertz CT molecular complexity index is 425. The van der Waals surface area contributed by atoms with Crippen LogP contribution in [0.1, 0.15) is 57.2 Å². The zero-order valence-electron chi connectivity index (χ0n) is 13.0. The third-order valence-corrected chi connectivity index (χ3v) is 4.34. The first kappa shape index (κ1) is 16.7. The lowest BCUT2D eigenvalue weighted by Gasteiger charge is -2.31. The Labute approximate surface area is 133 Å². The van der Waals surface area contributed by atoms with Gasteiger partial charge in [-0.1, -0.05) is 19.0 Å². The number of aromatic nitrogens is 2. The van der Waals surface area contributed by atoms with Crippen molar-refractivity contribution >= 4 is 12.4 Å². The molecule has 21 heavy (non-hydrogen) atoms. The van der Waals surface area contributed by atoms with E-state index in [0.717, 1.165) is 37.3 Å². The van der Waals surface area contributed by atoms with E-state index in [9.17, 15) is 0 Å². The monoisotopic (exact) mass is 314 g/mol. The summed E-state index contributed by atoms with van der Waals surface area (Å²) in [6.45, 7) is 8.46. The molecule has 0 spiro atoms. The fourth-order valence-corrected chi connectivity index (χ4v) is 2.71. The number of halogens is 1. The maximum Gasteiger partial charge on any atom is 0.240 e. The van der Waals surface area contributed by atoms with Crippen molar-refractivity contribution in [2.45, 2.75) is 58.0 Å². The zero-order valence-corrected chi connectivity index (χ0v) is 13.9. The molecule has 1 aromatic rings. The molecule has 2 aliphatic rings. The molecule has 6 heteroatoms. The van der Waals surface area contributed by atoms with Gasteiger partial charge in [0.1, 0.15) is 0 Å². The minimum atomic E-state index is 0. The van der Waals surface area contributed by atoms with E-state index in [1.807, 2.05) is 0 Å². The van der Waals surface area contributed by atoms with Crippen LogP contribution in [0.2, 0.25) is 0 Å². The van der Waals surface area contributed by atoms with E-state index in [4.69, 9.17) is 4.52 Å². The standard InChI is InChI=1S/C15H26N4O.ClH/c1-11(2)15-17-14(20-18-15)10-19-7-5-13(6-8-19)16-9-12-3-4-12;/h11-13,16H,3-10H2,1-2H3;1H. The number of nitrogens with one attached hydrogen (secondary N) is 1. The molecule has 1 aromatic heterocycles. The Morgan fingerprint density at radius 1 is 1.24 bits per heavy atom. The van der Waals surface area contributed by atoms with Crippen LogP contribution in [0.4, 0.5) is 0 Å². The second-order valence-corrected chi connectivity index (χ2v) is 6.60. The van der Waals surface area contributed by atoms with Crippen LogP contribution in [0.15, 0.2) is 4.52 Å². The molecule has 1 aliphatic heterocycles. The van der Waals surface area contributed by atoms with Gasteiger partial charge in [-0.2, -0.15) is 4.98 Å². The first-order valence-electron chi connectivity index (χ1n) is 7.99. The van der Waals surface area contributed by atoms with Crippen LogP contribution >= 0.6 is 12.4 Å². The SMILES string of the molecule is CC(C)c1noc(CN2CCC(NCC3CC3)CC2)n1.Cl. The minimum Gasteiger partial charge on any atom is -0.338 e. The highest BCUT2D eigenvalue weighted by molar-refractivity contribution is 5.85. The third kappa shape index (κ3) is 4.94. The smallest absolute Gasteiger partial charge is 0.240 e. The molecule has 0 unspecified atom stereocenters. The van der Waals surface area contributed by atoms with Crippen LogP contribution in [-0.2, 0) is 6.54 Å². The van der Waals surface area contributed by atoms with Gasteiger partial charge in [0.2, 0.25) is 5.89 Å². The maximum absolute atomic E-state index is 5.32. The number of likely N-dealkylation sites (tertiary alicyclic amines) is 1. The van der Waals surface area contributed by atoms with E-state index >= 15 is 0 Å². The highest BCUT2D eigenvalue weighted by Gasteiger charge is 2.25. The molecule has 1 saturated carbocycles. The Kier molecular flexibility index (Phi) is 6.02. The van der Waals surface area contributed by atoms with Gasteiger partial charge in [0.05, 0.1) is 6.54 Å². The zero-order chi connectivity index (χ0) is 13.9. The quantitative estimate of drug-likeness (QED) is 0.874. The third-order valence-electron chi connectivity index (χ3n) is 4.34. The predicted molar refractivity (Wildman–Crippen MR) is 84.7 cm³/mol. The van der Waals surface area contributed by atoms with Crippen molar-refractivity contribution in [1.29, 1.82) is 0 Å². The van der Waals surface area contributed by atoms with Crippen LogP contribution in [0.5, 0.6) is 0 Å². The van der Waals surface area contributed by atoms with Crippen LogP contribution in [0, 0.1) is 5.92 Å². The van der Waals surface area contributed by atoms with Gasteiger partial charge in [-0.15, -0.1) is 12.4 Å². The summed E-state index contributed by atoms with van der Waals surface area (Å²) in [7, 11) is 0. The van der Waals surface area contributed by atoms with Crippen LogP contribution in [-0.4, -0.2) is 40.7 Å². The van der Waals surface area contributed by atoms with Crippen molar-refractivity contribution < 1.29 is 4.52 Å². The average Bonchev–Trinajstić information content (AvgIpc) is 3.15. The molecule has 1 N–H and O–H groups in total. The normalized spacial score (nSPS) is 20.7. The second-order valence-electron chi connectivity index (χ2n) is 6.60. The van der Waals surface area contributed by atoms with Gasteiger partial charge in [-0.05, 0) is 38.1 Å². The average molecular weight is 315 g/mol. The molecule has 0 aromatic carbocycles. The van der Waals surface area contributed by atoms with Crippen molar-refractivity contribution in [3.05, 3.63) is 11.7 Å². The number of rotatable bonds is 6. The van der Waals surface area contributed by atoms with Gasteiger partial charge in [-0.3, -0.25) is 4.90 Å². The van der Waals surface area contributed by atoms with Crippen molar-refractivity contribution in [3.8, 4) is 0 Å². The molecule has 0 radical (unpaired) electrons. The Hall–Kier alpha value is -0.650. The van der Waals surface area contributed by atoms with Gasteiger partial charge >= 0.3 is 0 Å². The Balaban J connectivity index is 0.00000161. The van der Waals surface area contributed by atoms with Gasteiger partial charge in [0.25, 0.3) is 0 Å². The predicted octanol–water partition coefficient (Wildman–Crippen LogP) is 2.58. The number of hydrogen-bond acceptors (Lipinski definition) is 5. The van der Waals surface area contributed by atoms with Crippen molar-refractivity contribution in [2.75, 3.05) is 19.6 Å². The molecule has 120 valence electrons. The van der Waals surface area contributed by atoms with E-state index in [1.165, 1.54) is 32.2 Å². The number of nitrogens with zero attached hydrogens (tertiary/aromatic N) is 3. The number of piperidine rings is 1. The molecular formula is C15H27ClN4O. The lowest BCUT2D eigenvalue weighted by Crippen LogP contribution is -2.42. The highest BCUT2D eigenvalue weighted by Crippen LogP contribution is 2.28. The molecule has 1 saturated heterocycles. The first-order chi connectivity index (χ1) is 9.70. The summed E-state index contributed by atoms with van der Waals surface area (Å²) < 4.78 is 5.32. The Morgan fingerprint density at radius 2 is 1.95 bits per heavy atom. The van der Waals surface area contributed by atoms with E-state index in [1.54, 1.807) is 0 Å². The summed E-state index contributed by atoms with van der Waals surface area (Å²) in [6, 6.07) is 0.709. The molecule has 5 nitrogen and oxygen atoms in total. The van der Waals surface area contributed by atoms with Crippen LogP contribution < -0.4 is 5.32 Å². The Morgan fingerprint density at radius 3 is 2.52 bits per heavy atom. The van der Waals surface area contributed by atoms with Gasteiger partial charge in [0.15, 0.2) is 5.82 Å². The van der Waals surface area contributed by atoms with Crippen LogP contribution in [0.3, 0.4) is 0 Å². The fraction of sp³-hybridized carbons (Fsp3) is 0.867. The van der Waals surface area contributed by atoms with E-state index in [2.05, 4.69) is 34.2 Å². The molecule has 0 atom stereocenters. The van der Waals surface area contributed by atoms with Crippen LogP contribution in [0.25, 0.3) is 0 Å². The highest BCUT2D eigenvalue weighted by atomic mass is 35.5. The topological polar surface area (TPSA) is 54.2 Å². The largest absolute Gasteiger partial charge is 0.338 e. The summed E-state index contributed by atoms with van der Waals surface area (Å²) in [6.07, 6.45) is 5.33. The van der Waals surface area contributed by atoms with Gasteiger partial charge in [0, 0.05) is 25.0 Å². The molecule has 3 rings (SSSR count). The molecule has 0 bridgehead atoms. The van der Waals surface area contributed by atoms with E-state index < -0.39 is 0 Å². The fourth-order valence-electron chi connectivity index (χ4n) is 2.71. The van der Waals surface area contributed by atoms with Crippen molar-refractivity contribution in [3.63, 3.8) is 0 Å². The van der Waals surface area contributed by atoms with E-state index in [0.29, 0.717) is 12.0 Å². The molecule has 0 amide bonds. The van der Waals surface area contributed by atoms with Crippen molar-refractivity contribution in [2.24, 2.45) is 5.92 Å². The first-order valence-corrected chi connectivity index (χ1v) is 7.99. The summed E-state index contributed by atoms with van der Waals surface area (Å²) >= 11 is 0. The molecule has 1 aliphatic carbocycles. The van der Waals surface area contributed by atoms with Crippen molar-refractivity contribution in [1.82, 2.24) is 20.4 Å². The molecule has 2 heterocycles. The second kappa shape index (κ2) is 7.56. The summed E-state index contributed by atoms with van der Waals surface area (Å²) in [5.74, 6) is 2.89. The lowest BCUT2D eigenvalue weighted by molar-refractivity contribution is 0.170. The van der Waals surface area contributed by atoms with Gasteiger partial charge < -0.3 is 9.84 Å². The number of hydrogen-bond donors (Lipinski definition) is 1. The molecular weight excluding hydrogens is 288 g/mol. The summed E-state index contributed by atoms with van der Waals surface area (Å²) in [4.78, 5) is 6.88. The maximum atomic E-state index is 5.32. The summed E-state index contributed by atoms with van der Waals surface area (Å²) in [5.41, 5.74) is 0. The van der Waals surface area contributed by atoms with E-state index in [-0.39, 0.29) is 12.4 Å². The summed E-state index contributed by atoms with van der Waals surface area (Å²) in [5, 5.41) is 7.74. The minimum absolute atomic E-state index is 0. The molecule has 2 fully saturated rings. The lowest BCUT2D eigenvalue weighted by atomic mass is 10.0.